The third-order valence-electron chi connectivity index (χ3n) is 4.60. The minimum Gasteiger partial charge on any atom is -0.497 e. The summed E-state index contributed by atoms with van der Waals surface area (Å²) in [4.78, 5) is 18.9. The Labute approximate surface area is 162 Å². The first-order chi connectivity index (χ1) is 13.7. The van der Waals surface area contributed by atoms with E-state index in [1.807, 2.05) is 42.5 Å². The number of carbonyl (C=O) groups excluding carboxylic acids is 1. The fourth-order valence-electron chi connectivity index (χ4n) is 3.15. The number of amides is 1. The van der Waals surface area contributed by atoms with Gasteiger partial charge in [-0.1, -0.05) is 18.2 Å². The molecule has 2 heterocycles. The van der Waals surface area contributed by atoms with Gasteiger partial charge in [0, 0.05) is 30.3 Å². The fourth-order valence-corrected chi connectivity index (χ4v) is 3.15. The van der Waals surface area contributed by atoms with E-state index in [9.17, 15) is 4.79 Å². The monoisotopic (exact) mass is 380 g/mol. The van der Waals surface area contributed by atoms with E-state index in [0.29, 0.717) is 36.3 Å². The van der Waals surface area contributed by atoms with E-state index in [1.54, 1.807) is 25.2 Å². The highest BCUT2D eigenvalue weighted by atomic mass is 16.5. The number of anilines is 2. The zero-order valence-corrected chi connectivity index (χ0v) is 15.6. The normalized spacial score (nSPS) is 16.3. The lowest BCUT2D eigenvalue weighted by Crippen LogP contribution is -2.33. The Kier molecular flexibility index (Phi) is 4.84. The molecular formula is C20H20N4O4. The first-order valence-electron chi connectivity index (χ1n) is 8.88. The van der Waals surface area contributed by atoms with E-state index >= 15 is 0 Å². The van der Waals surface area contributed by atoms with Crippen LogP contribution in [0, 0.1) is 0 Å². The molecule has 1 aliphatic heterocycles. The van der Waals surface area contributed by atoms with Crippen molar-refractivity contribution in [3.8, 4) is 23.0 Å². The number of rotatable bonds is 6. The molecule has 1 aliphatic rings. The second-order valence-corrected chi connectivity index (χ2v) is 6.34. The van der Waals surface area contributed by atoms with Gasteiger partial charge in [-0.2, -0.15) is 4.98 Å². The Morgan fingerprint density at radius 1 is 1.11 bits per heavy atom. The van der Waals surface area contributed by atoms with Gasteiger partial charge in [0.15, 0.2) is 0 Å². The summed E-state index contributed by atoms with van der Waals surface area (Å²) in [5.41, 5.74) is 1.55. The molecule has 8 nitrogen and oxygen atoms in total. The molecule has 2 aromatic carbocycles. The van der Waals surface area contributed by atoms with Gasteiger partial charge in [0.2, 0.25) is 5.91 Å². The predicted octanol–water partition coefficient (Wildman–Crippen LogP) is 2.97. The van der Waals surface area contributed by atoms with E-state index in [-0.39, 0.29) is 5.91 Å². The number of nitrogens with one attached hydrogen (secondary N) is 1. The summed E-state index contributed by atoms with van der Waals surface area (Å²) in [6.07, 6.45) is 0.619. The molecule has 0 spiro atoms. The van der Waals surface area contributed by atoms with E-state index in [1.165, 1.54) is 0 Å². The van der Waals surface area contributed by atoms with Gasteiger partial charge < -0.3 is 24.2 Å². The molecule has 0 radical (unpaired) electrons. The molecule has 0 saturated carbocycles. The maximum atomic E-state index is 12.9. The Balaban J connectivity index is 1.49. The number of hydrogen-bond donors (Lipinski definition) is 1. The highest BCUT2D eigenvalue weighted by Gasteiger charge is 2.34. The molecule has 0 aliphatic carbocycles. The molecule has 4 rings (SSSR count). The first-order valence-corrected chi connectivity index (χ1v) is 8.88. The van der Waals surface area contributed by atoms with Crippen molar-refractivity contribution < 1.29 is 18.8 Å². The topological polar surface area (TPSA) is 89.7 Å². The minimum absolute atomic E-state index is 0.0682. The summed E-state index contributed by atoms with van der Waals surface area (Å²) in [7, 11) is 3.16. The van der Waals surface area contributed by atoms with Gasteiger partial charge in [-0.3, -0.25) is 4.79 Å². The Bertz CT molecular complexity index is 951. The molecule has 1 saturated heterocycles. The third-order valence-corrected chi connectivity index (χ3v) is 4.60. The molecule has 1 atom stereocenters. The van der Waals surface area contributed by atoms with Crippen molar-refractivity contribution in [2.24, 2.45) is 0 Å². The minimum atomic E-state index is -0.432. The number of aromatic nitrogens is 2. The smallest absolute Gasteiger partial charge is 0.264 e. The summed E-state index contributed by atoms with van der Waals surface area (Å²) in [6, 6.07) is 14.4. The molecule has 1 aromatic heterocycles. The number of carbonyl (C=O) groups is 1. The van der Waals surface area contributed by atoms with Gasteiger partial charge >= 0.3 is 0 Å². The van der Waals surface area contributed by atoms with E-state index < -0.39 is 6.04 Å². The molecule has 0 bridgehead atoms. The molecule has 1 unspecified atom stereocenters. The van der Waals surface area contributed by atoms with Crippen LogP contribution in [0.2, 0.25) is 0 Å². The number of hydrogen-bond acceptors (Lipinski definition) is 7. The Morgan fingerprint density at radius 3 is 2.50 bits per heavy atom. The van der Waals surface area contributed by atoms with Gasteiger partial charge in [-0.25, -0.2) is 0 Å². The van der Waals surface area contributed by atoms with Crippen molar-refractivity contribution in [1.82, 2.24) is 10.1 Å². The quantitative estimate of drug-likeness (QED) is 0.703. The van der Waals surface area contributed by atoms with Crippen molar-refractivity contribution in [3.05, 3.63) is 48.5 Å². The van der Waals surface area contributed by atoms with Crippen LogP contribution >= 0.6 is 0 Å². The standard InChI is InChI=1S/C20H20N4O4/c1-26-15-10-14(11-16(12-15)27-2)24-9-8-17(19(24)25)21-20-22-18(28-23-20)13-6-4-3-5-7-13/h3-7,10-12,17H,8-9H2,1-2H3,(H,21,23). The van der Waals surface area contributed by atoms with Crippen LogP contribution in [0.3, 0.4) is 0 Å². The third kappa shape index (κ3) is 3.48. The van der Waals surface area contributed by atoms with Crippen molar-refractivity contribution in [1.29, 1.82) is 0 Å². The summed E-state index contributed by atoms with van der Waals surface area (Å²) in [5.74, 6) is 1.89. The molecule has 144 valence electrons. The second-order valence-electron chi connectivity index (χ2n) is 6.34. The van der Waals surface area contributed by atoms with Gasteiger partial charge in [-0.15, -0.1) is 0 Å². The molecule has 1 fully saturated rings. The molecule has 1 amide bonds. The predicted molar refractivity (Wildman–Crippen MR) is 104 cm³/mol. The van der Waals surface area contributed by atoms with Crippen molar-refractivity contribution in [2.45, 2.75) is 12.5 Å². The number of nitrogens with zero attached hydrogens (tertiary/aromatic N) is 3. The molecule has 8 heteroatoms. The summed E-state index contributed by atoms with van der Waals surface area (Å²) < 4.78 is 15.9. The van der Waals surface area contributed by atoms with Crippen molar-refractivity contribution in [3.63, 3.8) is 0 Å². The highest BCUT2D eigenvalue weighted by molar-refractivity contribution is 6.01. The van der Waals surface area contributed by atoms with Crippen molar-refractivity contribution in [2.75, 3.05) is 31.0 Å². The van der Waals surface area contributed by atoms with Crippen LogP contribution in [0.5, 0.6) is 11.5 Å². The van der Waals surface area contributed by atoms with E-state index in [2.05, 4.69) is 15.5 Å². The lowest BCUT2D eigenvalue weighted by molar-refractivity contribution is -0.117. The fraction of sp³-hybridized carbons (Fsp3) is 0.250. The zero-order chi connectivity index (χ0) is 19.5. The molecule has 1 N–H and O–H groups in total. The average molecular weight is 380 g/mol. The van der Waals surface area contributed by atoms with Crippen LogP contribution in [0.15, 0.2) is 53.1 Å². The van der Waals surface area contributed by atoms with Gasteiger partial charge in [0.1, 0.15) is 17.5 Å². The Hall–Kier alpha value is -3.55. The summed E-state index contributed by atoms with van der Waals surface area (Å²) >= 11 is 0. The van der Waals surface area contributed by atoms with Crippen molar-refractivity contribution >= 4 is 17.5 Å². The average Bonchev–Trinajstić information content (AvgIpc) is 3.36. The second kappa shape index (κ2) is 7.59. The maximum Gasteiger partial charge on any atom is 0.264 e. The van der Waals surface area contributed by atoms with Crippen LogP contribution in [0.4, 0.5) is 11.6 Å². The lowest BCUT2D eigenvalue weighted by Gasteiger charge is -2.18. The van der Waals surface area contributed by atoms with Crippen LogP contribution in [-0.4, -0.2) is 42.9 Å². The largest absolute Gasteiger partial charge is 0.497 e. The first kappa shape index (κ1) is 17.8. The molecule has 28 heavy (non-hydrogen) atoms. The SMILES string of the molecule is COc1cc(OC)cc(N2CCC(Nc3noc(-c4ccccc4)n3)C2=O)c1. The van der Waals surface area contributed by atoms with Gasteiger partial charge in [0.05, 0.1) is 19.9 Å². The van der Waals surface area contributed by atoms with E-state index in [4.69, 9.17) is 14.0 Å². The van der Waals surface area contributed by atoms with E-state index in [0.717, 1.165) is 11.3 Å². The van der Waals surface area contributed by atoms with Crippen LogP contribution < -0.4 is 19.7 Å². The van der Waals surface area contributed by atoms with Gasteiger partial charge in [0.25, 0.3) is 11.8 Å². The van der Waals surface area contributed by atoms with Crippen LogP contribution in [0.1, 0.15) is 6.42 Å². The molecular weight excluding hydrogens is 360 g/mol. The maximum absolute atomic E-state index is 12.9. The Morgan fingerprint density at radius 2 is 1.82 bits per heavy atom. The highest BCUT2D eigenvalue weighted by Crippen LogP contribution is 2.31. The van der Waals surface area contributed by atoms with Crippen LogP contribution in [0.25, 0.3) is 11.5 Å². The van der Waals surface area contributed by atoms with Crippen LogP contribution in [-0.2, 0) is 4.79 Å². The number of methoxy groups -OCH3 is 2. The zero-order valence-electron chi connectivity index (χ0n) is 15.6. The van der Waals surface area contributed by atoms with Gasteiger partial charge in [-0.05, 0) is 23.7 Å². The number of ether oxygens (including phenoxy) is 2. The number of benzene rings is 2. The summed E-state index contributed by atoms with van der Waals surface area (Å²) in [6.45, 7) is 0.566. The molecule has 3 aromatic rings. The summed E-state index contributed by atoms with van der Waals surface area (Å²) in [5, 5.41) is 7.00. The lowest BCUT2D eigenvalue weighted by atomic mass is 10.2.